The lowest BCUT2D eigenvalue weighted by Gasteiger charge is -2.06. The number of amides is 1. The maximum atomic E-state index is 12.6. The summed E-state index contributed by atoms with van der Waals surface area (Å²) in [4.78, 5) is 12.6. The maximum Gasteiger partial charge on any atom is 0.256 e. The van der Waals surface area contributed by atoms with Crippen molar-refractivity contribution in [3.05, 3.63) is 62.4 Å². The zero-order valence-electron chi connectivity index (χ0n) is 15.4. The summed E-state index contributed by atoms with van der Waals surface area (Å²) in [6, 6.07) is 8.13. The van der Waals surface area contributed by atoms with E-state index >= 15 is 0 Å². The van der Waals surface area contributed by atoms with Gasteiger partial charge in [-0.15, -0.1) is 0 Å². The van der Waals surface area contributed by atoms with Crippen LogP contribution < -0.4 is 5.32 Å². The van der Waals surface area contributed by atoms with Gasteiger partial charge in [-0.05, 0) is 31.6 Å². The lowest BCUT2D eigenvalue weighted by molar-refractivity contribution is 0.0953. The fourth-order valence-electron chi connectivity index (χ4n) is 2.76. The van der Waals surface area contributed by atoms with E-state index in [2.05, 4.69) is 20.6 Å². The van der Waals surface area contributed by atoms with Gasteiger partial charge in [0, 0.05) is 20.0 Å². The average molecular weight is 405 g/mol. The van der Waals surface area contributed by atoms with Gasteiger partial charge in [0.1, 0.15) is 11.0 Å². The molecule has 0 bridgehead atoms. The van der Waals surface area contributed by atoms with Crippen LogP contribution in [0.4, 0.5) is 0 Å². The predicted octanol–water partition coefficient (Wildman–Crippen LogP) is 2.97. The monoisotopic (exact) mass is 404 g/mol. The third-order valence-corrected chi connectivity index (χ3v) is 5.10. The molecule has 7 nitrogen and oxygen atoms in total. The molecule has 27 heavy (non-hydrogen) atoms. The minimum atomic E-state index is -0.246. The number of hydrogen-bond donors (Lipinski definition) is 2. The Labute approximate surface area is 167 Å². The smallest absolute Gasteiger partial charge is 0.256 e. The standard InChI is InChI=1S/C18H21ClN6OS/c1-11-4-6-13(7-5-11)10-25-16(19)15(12(2)23-25)17(26)20-9-8-14-21-22-18(27)24(14)3/h4-7H,8-10H2,1-3H3,(H,20,26)(H,22,27). The first-order chi connectivity index (χ1) is 12.9. The van der Waals surface area contributed by atoms with Gasteiger partial charge in [0.2, 0.25) is 0 Å². The van der Waals surface area contributed by atoms with Gasteiger partial charge in [0.05, 0.1) is 17.8 Å². The van der Waals surface area contributed by atoms with Crippen LogP contribution in [0.25, 0.3) is 0 Å². The number of carbonyl (C=O) groups excluding carboxylic acids is 1. The molecule has 0 saturated carbocycles. The Hall–Kier alpha value is -2.45. The SMILES string of the molecule is Cc1ccc(Cn2nc(C)c(C(=O)NCCc3n[nH]c(=S)n3C)c2Cl)cc1. The van der Waals surface area contributed by atoms with Crippen molar-refractivity contribution < 1.29 is 4.79 Å². The van der Waals surface area contributed by atoms with E-state index in [9.17, 15) is 4.79 Å². The molecule has 9 heteroatoms. The highest BCUT2D eigenvalue weighted by Gasteiger charge is 2.20. The Bertz CT molecular complexity index is 1020. The molecule has 0 saturated heterocycles. The molecular formula is C18H21ClN6OS. The Morgan fingerprint density at radius 1 is 1.30 bits per heavy atom. The first kappa shape index (κ1) is 19.3. The molecule has 2 heterocycles. The fraction of sp³-hybridized carbons (Fsp3) is 0.333. The number of aromatic amines is 1. The van der Waals surface area contributed by atoms with E-state index in [-0.39, 0.29) is 5.91 Å². The van der Waals surface area contributed by atoms with Gasteiger partial charge in [-0.25, -0.2) is 4.68 Å². The number of H-pyrrole nitrogens is 1. The fourth-order valence-corrected chi connectivity index (χ4v) is 3.23. The molecule has 0 aliphatic heterocycles. The van der Waals surface area contributed by atoms with E-state index in [0.717, 1.165) is 11.4 Å². The molecular weight excluding hydrogens is 384 g/mol. The van der Waals surface area contributed by atoms with Crippen molar-refractivity contribution in [3.8, 4) is 0 Å². The summed E-state index contributed by atoms with van der Waals surface area (Å²) in [7, 11) is 1.83. The van der Waals surface area contributed by atoms with Gasteiger partial charge < -0.3 is 9.88 Å². The molecule has 0 atom stereocenters. The summed E-state index contributed by atoms with van der Waals surface area (Å²) in [6.07, 6.45) is 0.559. The highest BCUT2D eigenvalue weighted by atomic mass is 35.5. The van der Waals surface area contributed by atoms with Crippen LogP contribution in [0.2, 0.25) is 5.15 Å². The molecule has 0 unspecified atom stereocenters. The Morgan fingerprint density at radius 3 is 2.63 bits per heavy atom. The zero-order chi connectivity index (χ0) is 19.6. The molecule has 3 rings (SSSR count). The summed E-state index contributed by atoms with van der Waals surface area (Å²) < 4.78 is 3.97. The van der Waals surface area contributed by atoms with Gasteiger partial charge in [-0.3, -0.25) is 9.89 Å². The maximum absolute atomic E-state index is 12.6. The topological polar surface area (TPSA) is 80.5 Å². The van der Waals surface area contributed by atoms with Gasteiger partial charge in [-0.2, -0.15) is 10.2 Å². The Morgan fingerprint density at radius 2 is 2.00 bits per heavy atom. The van der Waals surface area contributed by atoms with Crippen LogP contribution >= 0.6 is 23.8 Å². The van der Waals surface area contributed by atoms with Crippen LogP contribution in [0.1, 0.15) is 33.0 Å². The van der Waals surface area contributed by atoms with E-state index in [4.69, 9.17) is 23.8 Å². The van der Waals surface area contributed by atoms with Crippen LogP contribution in [0, 0.1) is 18.6 Å². The quantitative estimate of drug-likeness (QED) is 0.619. The van der Waals surface area contributed by atoms with Crippen molar-refractivity contribution in [3.63, 3.8) is 0 Å². The van der Waals surface area contributed by atoms with Crippen molar-refractivity contribution in [1.29, 1.82) is 0 Å². The van der Waals surface area contributed by atoms with Crippen molar-refractivity contribution >= 4 is 29.7 Å². The summed E-state index contributed by atoms with van der Waals surface area (Å²) >= 11 is 11.5. The van der Waals surface area contributed by atoms with E-state index in [1.54, 1.807) is 16.2 Å². The number of hydrogen-bond acceptors (Lipinski definition) is 4. The van der Waals surface area contributed by atoms with Crippen LogP contribution in [-0.2, 0) is 20.0 Å². The third kappa shape index (κ3) is 4.28. The number of nitrogens with zero attached hydrogens (tertiary/aromatic N) is 4. The number of aryl methyl sites for hydroxylation is 2. The molecule has 1 aromatic carbocycles. The molecule has 0 aliphatic carbocycles. The molecule has 0 aliphatic rings. The Kier molecular flexibility index (Phi) is 5.76. The number of halogens is 1. The van der Waals surface area contributed by atoms with Gasteiger partial charge in [0.25, 0.3) is 5.91 Å². The summed E-state index contributed by atoms with van der Waals surface area (Å²) in [5, 5.41) is 14.5. The van der Waals surface area contributed by atoms with Crippen LogP contribution in [0.3, 0.4) is 0 Å². The number of aromatic nitrogens is 5. The van der Waals surface area contributed by atoms with E-state index in [1.165, 1.54) is 5.56 Å². The lowest BCUT2D eigenvalue weighted by Crippen LogP contribution is -2.27. The Balaban J connectivity index is 1.67. The third-order valence-electron chi connectivity index (χ3n) is 4.35. The average Bonchev–Trinajstić information content (AvgIpc) is 3.09. The largest absolute Gasteiger partial charge is 0.351 e. The lowest BCUT2D eigenvalue weighted by atomic mass is 10.1. The highest BCUT2D eigenvalue weighted by molar-refractivity contribution is 7.71. The van der Waals surface area contributed by atoms with Crippen molar-refractivity contribution in [2.24, 2.45) is 7.05 Å². The molecule has 2 aromatic heterocycles. The second kappa shape index (κ2) is 8.06. The second-order valence-electron chi connectivity index (χ2n) is 6.40. The summed E-state index contributed by atoms with van der Waals surface area (Å²) in [6.45, 7) is 4.75. The minimum Gasteiger partial charge on any atom is -0.351 e. The minimum absolute atomic E-state index is 0.246. The van der Waals surface area contributed by atoms with Gasteiger partial charge in [0.15, 0.2) is 4.77 Å². The van der Waals surface area contributed by atoms with Crippen LogP contribution in [0.5, 0.6) is 0 Å². The van der Waals surface area contributed by atoms with E-state index < -0.39 is 0 Å². The second-order valence-corrected chi connectivity index (χ2v) is 7.15. The van der Waals surface area contributed by atoms with Crippen LogP contribution in [0.15, 0.2) is 24.3 Å². The van der Waals surface area contributed by atoms with Crippen LogP contribution in [-0.4, -0.2) is 37.0 Å². The zero-order valence-corrected chi connectivity index (χ0v) is 17.0. The summed E-state index contributed by atoms with van der Waals surface area (Å²) in [5.41, 5.74) is 3.26. The summed E-state index contributed by atoms with van der Waals surface area (Å²) in [5.74, 6) is 0.530. The normalized spacial score (nSPS) is 11.0. The van der Waals surface area contributed by atoms with Crippen molar-refractivity contribution in [2.75, 3.05) is 6.54 Å². The number of nitrogens with one attached hydrogen (secondary N) is 2. The number of rotatable bonds is 6. The highest BCUT2D eigenvalue weighted by Crippen LogP contribution is 2.21. The van der Waals surface area contributed by atoms with Gasteiger partial charge in [-0.1, -0.05) is 41.4 Å². The van der Waals surface area contributed by atoms with Crippen molar-refractivity contribution in [1.82, 2.24) is 29.9 Å². The number of carbonyl (C=O) groups is 1. The van der Waals surface area contributed by atoms with E-state index in [1.807, 2.05) is 38.2 Å². The first-order valence-electron chi connectivity index (χ1n) is 8.53. The molecule has 0 fully saturated rings. The molecule has 0 radical (unpaired) electrons. The van der Waals surface area contributed by atoms with E-state index in [0.29, 0.717) is 40.7 Å². The molecule has 2 N–H and O–H groups in total. The molecule has 3 aromatic rings. The molecule has 142 valence electrons. The molecule has 0 spiro atoms. The molecule has 1 amide bonds. The van der Waals surface area contributed by atoms with Gasteiger partial charge >= 0.3 is 0 Å². The first-order valence-corrected chi connectivity index (χ1v) is 9.32. The van der Waals surface area contributed by atoms with Crippen molar-refractivity contribution in [2.45, 2.75) is 26.8 Å². The number of benzene rings is 1. The predicted molar refractivity (Wildman–Crippen MR) is 107 cm³/mol.